The van der Waals surface area contributed by atoms with Crippen molar-refractivity contribution >= 4 is 12.0 Å². The molecule has 0 fully saturated rings. The van der Waals surface area contributed by atoms with Crippen molar-refractivity contribution in [2.24, 2.45) is 7.05 Å². The maximum Gasteiger partial charge on any atom is 0.315 e. The van der Waals surface area contributed by atoms with E-state index in [2.05, 4.69) is 20.8 Å². The van der Waals surface area contributed by atoms with Crippen LogP contribution in [0.3, 0.4) is 0 Å². The second kappa shape index (κ2) is 5.48. The predicted molar refractivity (Wildman–Crippen MR) is 62.7 cm³/mol. The molecular formula is C10H17N5O3. The Hall–Kier alpha value is -2.12. The summed E-state index contributed by atoms with van der Waals surface area (Å²) >= 11 is 0. The highest BCUT2D eigenvalue weighted by atomic mass is 16.4. The molecule has 18 heavy (non-hydrogen) atoms. The SMILES string of the molecule is Cn1cnnc1CNC(=O)NC(C)(C)CC(=O)O. The topological polar surface area (TPSA) is 109 Å². The van der Waals surface area contributed by atoms with Crippen molar-refractivity contribution < 1.29 is 14.7 Å². The third-order valence-electron chi connectivity index (χ3n) is 2.26. The lowest BCUT2D eigenvalue weighted by Gasteiger charge is -2.24. The molecule has 1 rings (SSSR count). The third kappa shape index (κ3) is 4.40. The minimum atomic E-state index is -0.964. The van der Waals surface area contributed by atoms with Crippen molar-refractivity contribution in [3.8, 4) is 0 Å². The number of urea groups is 1. The summed E-state index contributed by atoms with van der Waals surface area (Å²) < 4.78 is 1.68. The monoisotopic (exact) mass is 255 g/mol. The number of hydrogen-bond acceptors (Lipinski definition) is 4. The number of nitrogens with zero attached hydrogens (tertiary/aromatic N) is 3. The number of carboxylic acids is 1. The third-order valence-corrected chi connectivity index (χ3v) is 2.26. The van der Waals surface area contributed by atoms with Crippen molar-refractivity contribution in [3.63, 3.8) is 0 Å². The molecule has 0 bridgehead atoms. The van der Waals surface area contributed by atoms with Crippen molar-refractivity contribution in [3.05, 3.63) is 12.2 Å². The molecule has 0 saturated heterocycles. The van der Waals surface area contributed by atoms with E-state index in [1.165, 1.54) is 6.33 Å². The first kappa shape index (κ1) is 13.9. The molecule has 3 N–H and O–H groups in total. The molecule has 8 heteroatoms. The number of carboxylic acid groups (broad SMARTS) is 1. The van der Waals surface area contributed by atoms with Gasteiger partial charge in [-0.2, -0.15) is 0 Å². The maximum atomic E-state index is 11.6. The van der Waals surface area contributed by atoms with Crippen LogP contribution in [0.15, 0.2) is 6.33 Å². The molecule has 0 unspecified atom stereocenters. The predicted octanol–water partition coefficient (Wildman–Crippen LogP) is -0.132. The molecule has 0 atom stereocenters. The molecule has 1 aromatic rings. The van der Waals surface area contributed by atoms with Crippen molar-refractivity contribution in [1.82, 2.24) is 25.4 Å². The molecule has 8 nitrogen and oxygen atoms in total. The van der Waals surface area contributed by atoms with E-state index < -0.39 is 17.5 Å². The number of nitrogens with one attached hydrogen (secondary N) is 2. The molecular weight excluding hydrogens is 238 g/mol. The van der Waals surface area contributed by atoms with Gasteiger partial charge in [-0.25, -0.2) is 4.79 Å². The van der Waals surface area contributed by atoms with Gasteiger partial charge in [-0.15, -0.1) is 10.2 Å². The van der Waals surface area contributed by atoms with Crippen LogP contribution in [-0.2, 0) is 18.4 Å². The van der Waals surface area contributed by atoms with E-state index in [0.29, 0.717) is 5.82 Å². The summed E-state index contributed by atoms with van der Waals surface area (Å²) in [5.41, 5.74) is -0.810. The molecule has 0 spiro atoms. The van der Waals surface area contributed by atoms with Gasteiger partial charge in [-0.3, -0.25) is 4.79 Å². The lowest BCUT2D eigenvalue weighted by molar-refractivity contribution is -0.138. The van der Waals surface area contributed by atoms with Crippen molar-refractivity contribution in [2.45, 2.75) is 32.4 Å². The van der Waals surface area contributed by atoms with E-state index in [4.69, 9.17) is 5.11 Å². The van der Waals surface area contributed by atoms with E-state index in [1.54, 1.807) is 25.5 Å². The van der Waals surface area contributed by atoms with Crippen LogP contribution in [0.25, 0.3) is 0 Å². The number of rotatable bonds is 5. The largest absolute Gasteiger partial charge is 0.481 e. The van der Waals surface area contributed by atoms with Crippen molar-refractivity contribution in [1.29, 1.82) is 0 Å². The number of aryl methyl sites for hydroxylation is 1. The van der Waals surface area contributed by atoms with Crippen LogP contribution >= 0.6 is 0 Å². The summed E-state index contributed by atoms with van der Waals surface area (Å²) in [6, 6.07) is -0.441. The summed E-state index contributed by atoms with van der Waals surface area (Å²) in [6.45, 7) is 3.51. The van der Waals surface area contributed by atoms with Gasteiger partial charge in [0.05, 0.1) is 13.0 Å². The summed E-state index contributed by atoms with van der Waals surface area (Å²) in [4.78, 5) is 22.2. The molecule has 0 aliphatic heterocycles. The minimum Gasteiger partial charge on any atom is -0.481 e. The quantitative estimate of drug-likeness (QED) is 0.679. The minimum absolute atomic E-state index is 0.148. The summed E-state index contributed by atoms with van der Waals surface area (Å²) in [6.07, 6.45) is 1.38. The lowest BCUT2D eigenvalue weighted by atomic mass is 10.0. The highest BCUT2D eigenvalue weighted by Gasteiger charge is 2.23. The standard InChI is InChI=1S/C10H17N5O3/c1-10(2,4-8(16)17)13-9(18)11-5-7-14-12-6-15(7)3/h6H,4-5H2,1-3H3,(H,16,17)(H2,11,13,18). The fourth-order valence-electron chi connectivity index (χ4n) is 1.40. The fraction of sp³-hybridized carbons (Fsp3) is 0.600. The number of hydrogen-bond donors (Lipinski definition) is 3. The zero-order chi connectivity index (χ0) is 13.8. The Morgan fingerprint density at radius 1 is 1.50 bits per heavy atom. The Kier molecular flexibility index (Phi) is 4.24. The van der Waals surface area contributed by atoms with Crippen LogP contribution in [0.4, 0.5) is 4.79 Å². The smallest absolute Gasteiger partial charge is 0.315 e. The maximum absolute atomic E-state index is 11.6. The molecule has 1 heterocycles. The van der Waals surface area contributed by atoms with Gasteiger partial charge in [0.25, 0.3) is 0 Å². The van der Waals surface area contributed by atoms with Crippen LogP contribution in [0.2, 0.25) is 0 Å². The van der Waals surface area contributed by atoms with E-state index in [-0.39, 0.29) is 13.0 Å². The van der Waals surface area contributed by atoms with Crippen LogP contribution in [0.1, 0.15) is 26.1 Å². The van der Waals surface area contributed by atoms with Gasteiger partial charge in [-0.1, -0.05) is 0 Å². The first-order valence-corrected chi connectivity index (χ1v) is 5.41. The Morgan fingerprint density at radius 3 is 2.67 bits per heavy atom. The van der Waals surface area contributed by atoms with Gasteiger partial charge in [-0.05, 0) is 13.8 Å². The molecule has 2 amide bonds. The Labute approximate surface area is 104 Å². The second-order valence-corrected chi connectivity index (χ2v) is 4.62. The number of aromatic nitrogens is 3. The van der Waals surface area contributed by atoms with Gasteiger partial charge < -0.3 is 20.3 Å². The molecule has 0 aliphatic carbocycles. The van der Waals surface area contributed by atoms with Gasteiger partial charge in [0.2, 0.25) is 0 Å². The average Bonchev–Trinajstić information content (AvgIpc) is 2.58. The molecule has 0 saturated carbocycles. The summed E-state index contributed by atoms with van der Waals surface area (Å²) in [5.74, 6) is -0.352. The zero-order valence-corrected chi connectivity index (χ0v) is 10.6. The number of aliphatic carboxylic acids is 1. The summed E-state index contributed by atoms with van der Waals surface area (Å²) in [5, 5.41) is 21.3. The highest BCUT2D eigenvalue weighted by Crippen LogP contribution is 2.07. The second-order valence-electron chi connectivity index (χ2n) is 4.62. The number of carbonyl (C=O) groups is 2. The van der Waals surface area contributed by atoms with Gasteiger partial charge in [0.1, 0.15) is 6.33 Å². The Morgan fingerprint density at radius 2 is 2.17 bits per heavy atom. The van der Waals surface area contributed by atoms with E-state index >= 15 is 0 Å². The van der Waals surface area contributed by atoms with Gasteiger partial charge in [0.15, 0.2) is 5.82 Å². The number of carbonyl (C=O) groups excluding carboxylic acids is 1. The molecule has 0 aliphatic rings. The fourth-order valence-corrected chi connectivity index (χ4v) is 1.40. The van der Waals surface area contributed by atoms with Crippen LogP contribution < -0.4 is 10.6 Å². The number of amides is 2. The van der Waals surface area contributed by atoms with E-state index in [9.17, 15) is 9.59 Å². The average molecular weight is 255 g/mol. The zero-order valence-electron chi connectivity index (χ0n) is 10.6. The van der Waals surface area contributed by atoms with Crippen LogP contribution in [0, 0.1) is 0 Å². The first-order chi connectivity index (χ1) is 8.30. The van der Waals surface area contributed by atoms with Crippen LogP contribution in [-0.4, -0.2) is 37.4 Å². The Bertz CT molecular complexity index is 440. The molecule has 100 valence electrons. The van der Waals surface area contributed by atoms with Gasteiger partial charge >= 0.3 is 12.0 Å². The molecule has 1 aromatic heterocycles. The lowest BCUT2D eigenvalue weighted by Crippen LogP contribution is -2.49. The highest BCUT2D eigenvalue weighted by molar-refractivity contribution is 5.76. The normalized spacial score (nSPS) is 11.1. The first-order valence-electron chi connectivity index (χ1n) is 5.41. The van der Waals surface area contributed by atoms with E-state index in [0.717, 1.165) is 0 Å². The van der Waals surface area contributed by atoms with E-state index in [1.807, 2.05) is 0 Å². The summed E-state index contributed by atoms with van der Waals surface area (Å²) in [7, 11) is 1.77. The Balaban J connectivity index is 2.42. The molecule has 0 radical (unpaired) electrons. The van der Waals surface area contributed by atoms with Gasteiger partial charge in [0, 0.05) is 12.6 Å². The molecule has 0 aromatic carbocycles. The van der Waals surface area contributed by atoms with Crippen LogP contribution in [0.5, 0.6) is 0 Å². The van der Waals surface area contributed by atoms with Crippen molar-refractivity contribution in [2.75, 3.05) is 0 Å².